The summed E-state index contributed by atoms with van der Waals surface area (Å²) in [5, 5.41) is 21.2. The molecule has 2 aliphatic carbocycles. The number of rotatable bonds is 12. The zero-order valence-electron chi connectivity index (χ0n) is 20.9. The van der Waals surface area contributed by atoms with Crippen molar-refractivity contribution in [2.24, 2.45) is 17.8 Å². The van der Waals surface area contributed by atoms with Gasteiger partial charge in [-0.05, 0) is 73.5 Å². The van der Waals surface area contributed by atoms with Gasteiger partial charge < -0.3 is 24.6 Å². The van der Waals surface area contributed by atoms with Crippen molar-refractivity contribution in [2.45, 2.75) is 76.9 Å². The number of carbonyl (C=O) groups is 2. The molecule has 1 saturated carbocycles. The molecular weight excluding hydrogens is 434 g/mol. The maximum atomic E-state index is 12.4. The molecule has 0 spiro atoms. The van der Waals surface area contributed by atoms with Crippen LogP contribution in [0, 0.1) is 17.8 Å². The molecule has 3 rings (SSSR count). The highest BCUT2D eigenvalue weighted by Crippen LogP contribution is 2.48. The Kier molecular flexibility index (Phi) is 9.77. The van der Waals surface area contributed by atoms with E-state index in [1.165, 1.54) is 17.6 Å². The molecule has 34 heavy (non-hydrogen) atoms. The van der Waals surface area contributed by atoms with Crippen molar-refractivity contribution in [2.75, 3.05) is 27.3 Å². The second-order valence-corrected chi connectivity index (χ2v) is 10.0. The quantitative estimate of drug-likeness (QED) is 0.356. The number of carbonyl (C=O) groups excluding carboxylic acids is 2. The van der Waals surface area contributed by atoms with E-state index in [1.54, 1.807) is 7.05 Å². The summed E-state index contributed by atoms with van der Waals surface area (Å²) in [6.45, 7) is 1.92. The third-order valence-electron chi connectivity index (χ3n) is 7.69. The van der Waals surface area contributed by atoms with E-state index < -0.39 is 5.97 Å². The summed E-state index contributed by atoms with van der Waals surface area (Å²) >= 11 is 0. The van der Waals surface area contributed by atoms with Gasteiger partial charge in [0.25, 0.3) is 5.91 Å². The van der Waals surface area contributed by atoms with Crippen LogP contribution in [0.2, 0.25) is 0 Å². The van der Waals surface area contributed by atoms with Crippen LogP contribution in [-0.2, 0) is 27.2 Å². The van der Waals surface area contributed by atoms with E-state index in [0.717, 1.165) is 63.4 Å². The molecule has 0 bridgehead atoms. The number of esters is 1. The normalized spacial score (nSPS) is 24.1. The van der Waals surface area contributed by atoms with Gasteiger partial charge in [0.1, 0.15) is 12.3 Å². The zero-order valence-corrected chi connectivity index (χ0v) is 20.9. The molecule has 1 fully saturated rings. The Balaban J connectivity index is 1.59. The molecule has 0 unspecified atom stereocenters. The number of benzene rings is 1. The third-order valence-corrected chi connectivity index (χ3v) is 7.69. The summed E-state index contributed by atoms with van der Waals surface area (Å²) in [6.07, 6.45) is 7.73. The number of hydrogen-bond donors (Lipinski definition) is 2. The second kappa shape index (κ2) is 12.5. The molecule has 0 radical (unpaired) electrons. The van der Waals surface area contributed by atoms with Gasteiger partial charge in [0, 0.05) is 7.05 Å². The van der Waals surface area contributed by atoms with Crippen LogP contribution in [0.1, 0.15) is 63.0 Å². The highest BCUT2D eigenvalue weighted by Gasteiger charge is 2.44. The van der Waals surface area contributed by atoms with E-state index in [4.69, 9.17) is 4.74 Å². The fourth-order valence-corrected chi connectivity index (χ4v) is 5.69. The highest BCUT2D eigenvalue weighted by atomic mass is 16.5. The smallest absolute Gasteiger partial charge is 0.325 e. The molecule has 0 aromatic heterocycles. The van der Waals surface area contributed by atoms with Crippen molar-refractivity contribution in [3.05, 3.63) is 29.3 Å². The second-order valence-electron chi connectivity index (χ2n) is 10.0. The first-order valence-electron chi connectivity index (χ1n) is 12.7. The first kappa shape index (κ1) is 26.5. The standard InChI is InChI=1S/C27H41NO6/c1-4-5-6-9-20(29)11-12-21-22-13-18-8-7-10-25(23(18)14-19(22)15-24(21)30)34-17-26(31)28(2)16-27(32)33-3/h7-8,10,19-22,24,29-30H,4-6,9,11-17H2,1-3H3/t19-,20-,21+,22-,24+/m0/s1. The Morgan fingerprint density at radius 1 is 1.21 bits per heavy atom. The van der Waals surface area contributed by atoms with E-state index in [-0.39, 0.29) is 37.2 Å². The summed E-state index contributed by atoms with van der Waals surface area (Å²) in [4.78, 5) is 25.1. The third kappa shape index (κ3) is 6.72. The molecule has 1 amide bonds. The largest absolute Gasteiger partial charge is 0.483 e. The summed E-state index contributed by atoms with van der Waals surface area (Å²) in [6, 6.07) is 5.96. The molecule has 1 aromatic rings. The lowest BCUT2D eigenvalue weighted by molar-refractivity contribution is -0.146. The Hall–Kier alpha value is -2.12. The van der Waals surface area contributed by atoms with Crippen LogP contribution < -0.4 is 4.74 Å². The fraction of sp³-hybridized carbons (Fsp3) is 0.704. The SMILES string of the molecule is CCCCC[C@H](O)CC[C@@H]1[C@H]2Cc3cccc(OCC(=O)N(C)CC(=O)OC)c3C[C@H]2C[C@H]1O. The van der Waals surface area contributed by atoms with E-state index in [9.17, 15) is 19.8 Å². The first-order chi connectivity index (χ1) is 16.3. The van der Waals surface area contributed by atoms with Crippen LogP contribution in [0.3, 0.4) is 0 Å². The van der Waals surface area contributed by atoms with Gasteiger partial charge in [-0.1, -0.05) is 38.3 Å². The average molecular weight is 476 g/mol. The molecular formula is C27H41NO6. The number of ether oxygens (including phenoxy) is 2. The highest BCUT2D eigenvalue weighted by molar-refractivity contribution is 5.82. The maximum absolute atomic E-state index is 12.4. The molecule has 5 atom stereocenters. The number of aliphatic hydroxyl groups is 2. The lowest BCUT2D eigenvalue weighted by Crippen LogP contribution is -2.36. The van der Waals surface area contributed by atoms with Crippen molar-refractivity contribution in [3.8, 4) is 5.75 Å². The van der Waals surface area contributed by atoms with Crippen molar-refractivity contribution < 1.29 is 29.3 Å². The average Bonchev–Trinajstić information content (AvgIpc) is 3.13. The molecule has 0 aliphatic heterocycles. The minimum Gasteiger partial charge on any atom is -0.483 e. The first-order valence-corrected chi connectivity index (χ1v) is 12.7. The summed E-state index contributed by atoms with van der Waals surface area (Å²) < 4.78 is 10.5. The van der Waals surface area contributed by atoms with E-state index >= 15 is 0 Å². The molecule has 190 valence electrons. The topological polar surface area (TPSA) is 96.3 Å². The number of methoxy groups -OCH3 is 1. The Labute approximate surface area is 203 Å². The van der Waals surface area contributed by atoms with Gasteiger partial charge in [-0.15, -0.1) is 0 Å². The minimum absolute atomic E-state index is 0.109. The van der Waals surface area contributed by atoms with Gasteiger partial charge in [0.15, 0.2) is 6.61 Å². The number of hydrogen-bond acceptors (Lipinski definition) is 6. The van der Waals surface area contributed by atoms with Gasteiger partial charge in [0.2, 0.25) is 0 Å². The van der Waals surface area contributed by atoms with Crippen molar-refractivity contribution in [1.29, 1.82) is 0 Å². The Bertz CT molecular complexity index is 827. The van der Waals surface area contributed by atoms with Gasteiger partial charge in [-0.2, -0.15) is 0 Å². The van der Waals surface area contributed by atoms with E-state index in [0.29, 0.717) is 17.6 Å². The number of aliphatic hydroxyl groups excluding tert-OH is 2. The number of fused-ring (bicyclic) bond motifs is 2. The van der Waals surface area contributed by atoms with Crippen molar-refractivity contribution >= 4 is 11.9 Å². The van der Waals surface area contributed by atoms with Gasteiger partial charge in [-0.25, -0.2) is 0 Å². The lowest BCUT2D eigenvalue weighted by atomic mass is 9.73. The van der Waals surface area contributed by atoms with E-state index in [2.05, 4.69) is 17.7 Å². The monoisotopic (exact) mass is 475 g/mol. The minimum atomic E-state index is -0.471. The Morgan fingerprint density at radius 2 is 2.00 bits per heavy atom. The van der Waals surface area contributed by atoms with Crippen LogP contribution in [0.25, 0.3) is 0 Å². The van der Waals surface area contributed by atoms with Crippen LogP contribution in [0.5, 0.6) is 5.75 Å². The molecule has 1 aromatic carbocycles. The molecule has 2 N–H and O–H groups in total. The summed E-state index contributed by atoms with van der Waals surface area (Å²) in [7, 11) is 2.84. The lowest BCUT2D eigenvalue weighted by Gasteiger charge is -2.32. The molecule has 0 heterocycles. The van der Waals surface area contributed by atoms with Crippen LogP contribution in [0.4, 0.5) is 0 Å². The van der Waals surface area contributed by atoms with Gasteiger partial charge in [-0.3, -0.25) is 9.59 Å². The van der Waals surface area contributed by atoms with Crippen LogP contribution in [-0.4, -0.2) is 66.5 Å². The molecule has 2 aliphatic rings. The van der Waals surface area contributed by atoms with Crippen molar-refractivity contribution in [3.63, 3.8) is 0 Å². The van der Waals surface area contributed by atoms with Crippen LogP contribution in [0.15, 0.2) is 18.2 Å². The number of unbranched alkanes of at least 4 members (excludes halogenated alkanes) is 2. The maximum Gasteiger partial charge on any atom is 0.325 e. The number of nitrogens with zero attached hydrogens (tertiary/aromatic N) is 1. The van der Waals surface area contributed by atoms with Gasteiger partial charge in [0.05, 0.1) is 19.3 Å². The Morgan fingerprint density at radius 3 is 2.74 bits per heavy atom. The predicted molar refractivity (Wildman–Crippen MR) is 129 cm³/mol. The van der Waals surface area contributed by atoms with E-state index in [1.807, 2.05) is 12.1 Å². The molecule has 0 saturated heterocycles. The van der Waals surface area contributed by atoms with Crippen LogP contribution >= 0.6 is 0 Å². The number of likely N-dealkylation sites (N-methyl/N-ethyl adjacent to an activating group) is 1. The number of amides is 1. The molecule has 7 heteroatoms. The summed E-state index contributed by atoms with van der Waals surface area (Å²) in [5.41, 5.74) is 2.34. The zero-order chi connectivity index (χ0) is 24.7. The van der Waals surface area contributed by atoms with Gasteiger partial charge >= 0.3 is 5.97 Å². The molecule has 7 nitrogen and oxygen atoms in total. The predicted octanol–water partition coefficient (Wildman–Crippen LogP) is 3.13. The fourth-order valence-electron chi connectivity index (χ4n) is 5.69. The summed E-state index contributed by atoms with van der Waals surface area (Å²) in [5.74, 6) is 0.963. The van der Waals surface area contributed by atoms with Crippen molar-refractivity contribution in [1.82, 2.24) is 4.90 Å².